The molecule has 0 fully saturated rings. The molecule has 1 unspecified atom stereocenters. The van der Waals surface area contributed by atoms with E-state index in [4.69, 9.17) is 0 Å². The average molecular weight is 388 g/mol. The minimum absolute atomic E-state index is 0.0775. The number of aromatic nitrogens is 3. The fourth-order valence-corrected chi connectivity index (χ4v) is 4.57. The van der Waals surface area contributed by atoms with Gasteiger partial charge in [-0.05, 0) is 68.7 Å². The number of hydrogen-bond acceptors (Lipinski definition) is 4. The number of hydrogen-bond donors (Lipinski definition) is 0. The molecule has 1 atom stereocenters. The number of anilines is 1. The van der Waals surface area contributed by atoms with Crippen LogP contribution in [0.3, 0.4) is 0 Å². The summed E-state index contributed by atoms with van der Waals surface area (Å²) in [4.78, 5) is 37.4. The van der Waals surface area contributed by atoms with Crippen LogP contribution >= 0.6 is 0 Å². The highest BCUT2D eigenvalue weighted by Crippen LogP contribution is 2.29. The quantitative estimate of drug-likeness (QED) is 0.676. The van der Waals surface area contributed by atoms with Crippen LogP contribution in [0.1, 0.15) is 49.0 Å². The Labute approximate surface area is 169 Å². The van der Waals surface area contributed by atoms with E-state index >= 15 is 0 Å². The summed E-state index contributed by atoms with van der Waals surface area (Å²) in [5.41, 5.74) is 4.62. The lowest BCUT2D eigenvalue weighted by Crippen LogP contribution is -2.42. The van der Waals surface area contributed by atoms with Crippen molar-refractivity contribution in [1.29, 1.82) is 0 Å². The molecule has 0 N–H and O–H groups in total. The normalized spacial score (nSPS) is 16.9. The summed E-state index contributed by atoms with van der Waals surface area (Å²) in [7, 11) is 0. The van der Waals surface area contributed by atoms with Crippen LogP contribution < -0.4 is 10.5 Å². The van der Waals surface area contributed by atoms with Gasteiger partial charge in [0, 0.05) is 17.9 Å². The number of amides is 1. The number of nitrogens with zero attached hydrogens (tertiary/aromatic N) is 4. The third-order valence-corrected chi connectivity index (χ3v) is 6.20. The van der Waals surface area contributed by atoms with Gasteiger partial charge in [-0.3, -0.25) is 14.2 Å². The molecule has 0 radical (unpaired) electrons. The van der Waals surface area contributed by atoms with Crippen LogP contribution in [0.25, 0.3) is 11.0 Å². The van der Waals surface area contributed by atoms with Gasteiger partial charge in [0.05, 0.1) is 5.39 Å². The summed E-state index contributed by atoms with van der Waals surface area (Å²) < 4.78 is 1.46. The summed E-state index contributed by atoms with van der Waals surface area (Å²) in [5, 5.41) is 0.506. The van der Waals surface area contributed by atoms with Gasteiger partial charge in [-0.25, -0.2) is 9.97 Å². The summed E-state index contributed by atoms with van der Waals surface area (Å²) in [6.07, 6.45) is 7.53. The Balaban J connectivity index is 1.53. The van der Waals surface area contributed by atoms with Crippen molar-refractivity contribution >= 4 is 22.6 Å². The van der Waals surface area contributed by atoms with Gasteiger partial charge in [0.25, 0.3) is 5.56 Å². The molecule has 1 aromatic carbocycles. The zero-order valence-corrected chi connectivity index (χ0v) is 16.6. The number of carbonyl (C=O) groups is 1. The van der Waals surface area contributed by atoms with Gasteiger partial charge in [-0.2, -0.15) is 0 Å². The van der Waals surface area contributed by atoms with Crippen molar-refractivity contribution in [2.45, 2.75) is 51.5 Å². The average Bonchev–Trinajstić information content (AvgIpc) is 2.77. The molecule has 3 heterocycles. The van der Waals surface area contributed by atoms with E-state index in [0.29, 0.717) is 17.6 Å². The second-order valence-electron chi connectivity index (χ2n) is 8.03. The Morgan fingerprint density at radius 2 is 1.86 bits per heavy atom. The van der Waals surface area contributed by atoms with E-state index in [1.165, 1.54) is 16.5 Å². The van der Waals surface area contributed by atoms with Crippen molar-refractivity contribution in [3.8, 4) is 0 Å². The standard InChI is InChI=1S/C23H24N4O2/c1-15(22(28)26-12-6-9-16-7-3-5-11-20(16)26)27-14-24-21-18(23(27)29)13-17-8-2-4-10-19(17)25-21/h3,5,7,11,13-15H,2,4,6,8-10,12H2,1H3. The largest absolute Gasteiger partial charge is 0.310 e. The first kappa shape index (κ1) is 18.0. The first-order valence-electron chi connectivity index (χ1n) is 10.4. The lowest BCUT2D eigenvalue weighted by Gasteiger charge is -2.31. The lowest BCUT2D eigenvalue weighted by molar-refractivity contribution is -0.121. The molecule has 0 saturated heterocycles. The molecule has 1 aliphatic carbocycles. The topological polar surface area (TPSA) is 68.1 Å². The minimum atomic E-state index is -0.624. The Morgan fingerprint density at radius 3 is 2.76 bits per heavy atom. The van der Waals surface area contributed by atoms with Gasteiger partial charge < -0.3 is 4.90 Å². The molecule has 148 valence electrons. The van der Waals surface area contributed by atoms with Crippen LogP contribution in [0.2, 0.25) is 0 Å². The maximum absolute atomic E-state index is 13.3. The monoisotopic (exact) mass is 388 g/mol. The first-order valence-corrected chi connectivity index (χ1v) is 10.4. The van der Waals surface area contributed by atoms with Gasteiger partial charge in [0.1, 0.15) is 12.4 Å². The van der Waals surface area contributed by atoms with E-state index in [-0.39, 0.29) is 11.5 Å². The second kappa shape index (κ2) is 7.10. The summed E-state index contributed by atoms with van der Waals surface area (Å²) in [5.74, 6) is -0.0775. The molecule has 29 heavy (non-hydrogen) atoms. The molecule has 2 aliphatic rings. The molecule has 3 aromatic rings. The summed E-state index contributed by atoms with van der Waals surface area (Å²) in [6.45, 7) is 2.45. The number of para-hydroxylation sites is 1. The number of rotatable bonds is 2. The first-order chi connectivity index (χ1) is 14.1. The zero-order valence-electron chi connectivity index (χ0n) is 16.6. The van der Waals surface area contributed by atoms with E-state index in [0.717, 1.165) is 55.5 Å². The van der Waals surface area contributed by atoms with Gasteiger partial charge in [0.2, 0.25) is 5.91 Å². The molecule has 6 heteroatoms. The van der Waals surface area contributed by atoms with E-state index < -0.39 is 6.04 Å². The highest BCUT2D eigenvalue weighted by atomic mass is 16.2. The van der Waals surface area contributed by atoms with Crippen molar-refractivity contribution in [3.05, 3.63) is 63.8 Å². The fraction of sp³-hybridized carbons (Fsp3) is 0.391. The van der Waals surface area contributed by atoms with Gasteiger partial charge in [-0.1, -0.05) is 18.2 Å². The van der Waals surface area contributed by atoms with Crippen LogP contribution in [0.5, 0.6) is 0 Å². The molecule has 0 saturated carbocycles. The predicted molar refractivity (Wildman–Crippen MR) is 112 cm³/mol. The van der Waals surface area contributed by atoms with E-state index in [9.17, 15) is 9.59 Å². The Kier molecular flexibility index (Phi) is 4.42. The van der Waals surface area contributed by atoms with Gasteiger partial charge >= 0.3 is 0 Å². The highest BCUT2D eigenvalue weighted by molar-refractivity contribution is 5.97. The summed E-state index contributed by atoms with van der Waals surface area (Å²) >= 11 is 0. The number of benzene rings is 1. The van der Waals surface area contributed by atoms with Crippen molar-refractivity contribution in [3.63, 3.8) is 0 Å². The fourth-order valence-electron chi connectivity index (χ4n) is 4.57. The number of aryl methyl sites for hydroxylation is 3. The molecule has 5 rings (SSSR count). The molecule has 2 aromatic heterocycles. The Bertz CT molecular complexity index is 1170. The number of carbonyl (C=O) groups excluding carboxylic acids is 1. The third-order valence-electron chi connectivity index (χ3n) is 6.20. The Morgan fingerprint density at radius 1 is 1.07 bits per heavy atom. The molecule has 0 bridgehead atoms. The highest BCUT2D eigenvalue weighted by Gasteiger charge is 2.28. The molecule has 1 amide bonds. The maximum atomic E-state index is 13.3. The number of fused-ring (bicyclic) bond motifs is 3. The number of pyridine rings is 1. The maximum Gasteiger partial charge on any atom is 0.263 e. The zero-order chi connectivity index (χ0) is 20.0. The molecular weight excluding hydrogens is 364 g/mol. The molecular formula is C23H24N4O2. The van der Waals surface area contributed by atoms with Gasteiger partial charge in [-0.15, -0.1) is 0 Å². The van der Waals surface area contributed by atoms with Crippen LogP contribution in [0.15, 0.2) is 41.5 Å². The van der Waals surface area contributed by atoms with Crippen molar-refractivity contribution in [2.24, 2.45) is 0 Å². The minimum Gasteiger partial charge on any atom is -0.310 e. The smallest absolute Gasteiger partial charge is 0.263 e. The van der Waals surface area contributed by atoms with E-state index in [1.807, 2.05) is 29.2 Å². The van der Waals surface area contributed by atoms with E-state index in [2.05, 4.69) is 16.0 Å². The molecule has 1 aliphatic heterocycles. The van der Waals surface area contributed by atoms with Crippen molar-refractivity contribution in [2.75, 3.05) is 11.4 Å². The molecule has 0 spiro atoms. The van der Waals surface area contributed by atoms with Crippen molar-refractivity contribution < 1.29 is 4.79 Å². The van der Waals surface area contributed by atoms with Crippen LogP contribution in [0.4, 0.5) is 5.69 Å². The van der Waals surface area contributed by atoms with Crippen LogP contribution in [-0.2, 0) is 24.1 Å². The lowest BCUT2D eigenvalue weighted by atomic mass is 9.95. The van der Waals surface area contributed by atoms with Crippen LogP contribution in [0, 0.1) is 0 Å². The molecule has 6 nitrogen and oxygen atoms in total. The second-order valence-corrected chi connectivity index (χ2v) is 8.03. The van der Waals surface area contributed by atoms with E-state index in [1.54, 1.807) is 6.92 Å². The van der Waals surface area contributed by atoms with Crippen LogP contribution in [-0.4, -0.2) is 27.0 Å². The summed E-state index contributed by atoms with van der Waals surface area (Å²) in [6, 6.07) is 9.32. The Hall–Kier alpha value is -3.02. The SMILES string of the molecule is CC(C(=O)N1CCCc2ccccc21)n1cnc2nc3c(cc2c1=O)CCCC3. The van der Waals surface area contributed by atoms with Crippen molar-refractivity contribution in [1.82, 2.24) is 14.5 Å². The predicted octanol–water partition coefficient (Wildman–Crippen LogP) is 3.21. The third kappa shape index (κ3) is 3.03. The van der Waals surface area contributed by atoms with Gasteiger partial charge in [0.15, 0.2) is 5.65 Å².